The number of nitrogens with zero attached hydrogens (tertiary/aromatic N) is 3. The molecule has 0 bridgehead atoms. The smallest absolute Gasteiger partial charge is 0.360 e. The molecule has 0 amide bonds. The Hall–Kier alpha value is 0.205. The zero-order chi connectivity index (χ0) is 5.28. The van der Waals surface area contributed by atoms with Gasteiger partial charge in [-0.15, -0.1) is 0 Å². The van der Waals surface area contributed by atoms with Crippen molar-refractivity contribution in [2.24, 2.45) is 0 Å². The summed E-state index contributed by atoms with van der Waals surface area (Å²) >= 11 is 1.93. The van der Waals surface area contributed by atoms with E-state index in [2.05, 4.69) is 10.1 Å². The largest absolute Gasteiger partial charge is 0.400 e. The maximum Gasteiger partial charge on any atom is 0.400 e. The first kappa shape index (κ1) is 5.34. The van der Waals surface area contributed by atoms with Gasteiger partial charge in [0, 0.05) is 0 Å². The summed E-state index contributed by atoms with van der Waals surface area (Å²) in [7, 11) is 0. The van der Waals surface area contributed by atoms with E-state index < -0.39 is 0 Å². The first-order valence-electron chi connectivity index (χ1n) is 2.11. The van der Waals surface area contributed by atoms with Gasteiger partial charge in [-0.05, 0) is 0 Å². The van der Waals surface area contributed by atoms with Crippen molar-refractivity contribution in [3.8, 4) is 0 Å². The van der Waals surface area contributed by atoms with E-state index in [1.54, 1.807) is 6.33 Å². The Morgan fingerprint density at radius 3 is 2.57 bits per heavy atom. The highest BCUT2D eigenvalue weighted by atomic mass is 27.1. The first-order chi connectivity index (χ1) is 3.29. The van der Waals surface area contributed by atoms with Crippen LogP contribution in [-0.2, 0) is 0 Å². The molecule has 1 heterocycles. The molecular weight excluding hydrogens is 120 g/mol. The van der Waals surface area contributed by atoms with Crippen LogP contribution in [0.2, 0.25) is 0 Å². The van der Waals surface area contributed by atoms with E-state index in [9.17, 15) is 0 Å². The molecule has 1 rings (SSSR count). The van der Waals surface area contributed by atoms with Gasteiger partial charge in [0.05, 0.1) is 11.0 Å². The maximum atomic E-state index is 4.04. The Bertz CT molecular complexity index is 143. The predicted molar refractivity (Wildman–Crippen MR) is 32.1 cm³/mol. The lowest BCUT2D eigenvalue weighted by Gasteiger charge is -1.78. The Morgan fingerprint density at radius 2 is 2.43 bits per heavy atom. The van der Waals surface area contributed by atoms with E-state index in [-0.39, 0.29) is 0 Å². The van der Waals surface area contributed by atoms with Crippen LogP contribution in [0.25, 0.3) is 0 Å². The van der Waals surface area contributed by atoms with Crippen LogP contribution in [0.4, 0.5) is 0 Å². The standard InChI is InChI=1S/C2HN3.2Al.4H/c1-3-2-5-4-1;;;;;;/h1H;;;;;;/q-1;;+1;;;;. The molecule has 0 aliphatic heterocycles. The van der Waals surface area contributed by atoms with Crippen LogP contribution in [0.1, 0.15) is 0 Å². The molecular formula is C2H5Al2N3. The van der Waals surface area contributed by atoms with Crippen molar-refractivity contribution >= 4 is 37.5 Å². The van der Waals surface area contributed by atoms with Crippen molar-refractivity contribution in [3.05, 3.63) is 6.33 Å². The SMILES string of the molecule is [AlH2][c]1nc[n]([AlH2])n1. The van der Waals surface area contributed by atoms with Crippen LogP contribution in [0.5, 0.6) is 0 Å². The second kappa shape index (κ2) is 1.98. The zero-order valence-electron chi connectivity index (χ0n) is 4.42. The van der Waals surface area contributed by atoms with Gasteiger partial charge in [0.25, 0.3) is 0 Å². The Balaban J connectivity index is 3.04. The molecule has 0 saturated carbocycles. The fourth-order valence-electron chi connectivity index (χ4n) is 0.447. The highest BCUT2D eigenvalue weighted by Gasteiger charge is 1.83. The number of hydrogen-bond donors (Lipinski definition) is 0. The molecule has 1 aromatic heterocycles. The van der Waals surface area contributed by atoms with Gasteiger partial charge in [0.2, 0.25) is 0 Å². The molecule has 0 aromatic carbocycles. The molecule has 0 radical (unpaired) electrons. The second-order valence-electron chi connectivity index (χ2n) is 1.47. The molecule has 0 saturated heterocycles. The minimum Gasteiger partial charge on any atom is -0.360 e. The van der Waals surface area contributed by atoms with E-state index in [0.717, 1.165) is 37.5 Å². The molecule has 0 aliphatic rings. The summed E-state index contributed by atoms with van der Waals surface area (Å²) in [5, 5.41) is 4.04. The van der Waals surface area contributed by atoms with E-state index >= 15 is 0 Å². The van der Waals surface area contributed by atoms with Gasteiger partial charge >= 0.3 is 32.8 Å². The minimum absolute atomic E-state index is 0.960. The zero-order valence-corrected chi connectivity index (χ0v) is 8.42. The molecule has 0 atom stereocenters. The third kappa shape index (κ3) is 1.29. The van der Waals surface area contributed by atoms with E-state index in [0.29, 0.717) is 0 Å². The lowest BCUT2D eigenvalue weighted by Crippen LogP contribution is -2.08. The lowest BCUT2D eigenvalue weighted by atomic mass is 11.3. The molecule has 0 N–H and O–H groups in total. The quantitative estimate of drug-likeness (QED) is 0.344. The molecule has 0 aliphatic carbocycles. The highest BCUT2D eigenvalue weighted by Crippen LogP contribution is 1.60. The van der Waals surface area contributed by atoms with Gasteiger partial charge in [0.1, 0.15) is 0 Å². The summed E-state index contributed by atoms with van der Waals surface area (Å²) in [5.74, 6) is 0. The molecule has 0 spiro atoms. The first-order valence-corrected chi connectivity index (χ1v) is 4.01. The van der Waals surface area contributed by atoms with Gasteiger partial charge < -0.3 is 3.67 Å². The van der Waals surface area contributed by atoms with Crippen LogP contribution >= 0.6 is 0 Å². The number of hydrogen-bond acceptors (Lipinski definition) is 2. The van der Waals surface area contributed by atoms with Gasteiger partial charge in [0.15, 0.2) is 0 Å². The van der Waals surface area contributed by atoms with E-state index in [1.807, 2.05) is 3.67 Å². The number of aromatic nitrogens is 3. The predicted octanol–water partition coefficient (Wildman–Crippen LogP) is -3.07. The van der Waals surface area contributed by atoms with E-state index in [1.165, 1.54) is 0 Å². The molecule has 1 aromatic rings. The molecule has 34 valence electrons. The number of rotatable bonds is 0. The van der Waals surface area contributed by atoms with Crippen LogP contribution in [0.15, 0.2) is 6.33 Å². The summed E-state index contributed by atoms with van der Waals surface area (Å²) in [4.78, 5) is 3.96. The Kier molecular flexibility index (Phi) is 1.51. The minimum atomic E-state index is 0.960. The fourth-order valence-corrected chi connectivity index (χ4v) is 1.68. The maximum absolute atomic E-state index is 4.04. The summed E-state index contributed by atoms with van der Waals surface area (Å²) in [6.45, 7) is 0. The lowest BCUT2D eigenvalue weighted by molar-refractivity contribution is 1.00. The monoisotopic (exact) mass is 125 g/mol. The highest BCUT2D eigenvalue weighted by molar-refractivity contribution is 6.29. The van der Waals surface area contributed by atoms with Crippen molar-refractivity contribution in [2.75, 3.05) is 0 Å². The normalized spacial score (nSPS) is 9.14. The van der Waals surface area contributed by atoms with Crippen LogP contribution in [0, 0.1) is 0 Å². The van der Waals surface area contributed by atoms with Crippen molar-refractivity contribution in [1.82, 2.24) is 13.7 Å². The van der Waals surface area contributed by atoms with Crippen LogP contribution in [-0.4, -0.2) is 46.5 Å². The molecule has 7 heavy (non-hydrogen) atoms. The van der Waals surface area contributed by atoms with Crippen molar-refractivity contribution in [2.45, 2.75) is 0 Å². The second-order valence-corrected chi connectivity index (χ2v) is 3.28. The summed E-state index contributed by atoms with van der Waals surface area (Å²) in [5.41, 5.74) is 0. The van der Waals surface area contributed by atoms with Crippen molar-refractivity contribution < 1.29 is 0 Å². The fraction of sp³-hybridized carbons (Fsp3) is 0. The van der Waals surface area contributed by atoms with Gasteiger partial charge in [-0.25, -0.2) is 10.1 Å². The third-order valence-corrected chi connectivity index (χ3v) is 1.60. The topological polar surface area (TPSA) is 30.7 Å². The van der Waals surface area contributed by atoms with Crippen LogP contribution in [0.3, 0.4) is 0 Å². The van der Waals surface area contributed by atoms with Crippen LogP contribution < -0.4 is 4.69 Å². The van der Waals surface area contributed by atoms with E-state index in [4.69, 9.17) is 0 Å². The Labute approximate surface area is 57.8 Å². The summed E-state index contributed by atoms with van der Waals surface area (Å²) in [6.07, 6.45) is 1.77. The van der Waals surface area contributed by atoms with Gasteiger partial charge in [-0.3, -0.25) is 0 Å². The third-order valence-electron chi connectivity index (χ3n) is 0.714. The Morgan fingerprint density at radius 1 is 1.71 bits per heavy atom. The van der Waals surface area contributed by atoms with Gasteiger partial charge in [-0.2, -0.15) is 0 Å². The summed E-state index contributed by atoms with van der Waals surface area (Å²) < 4.78 is 2.84. The molecule has 0 fully saturated rings. The molecule has 0 unspecified atom stereocenters. The molecule has 5 heteroatoms. The molecule has 3 nitrogen and oxygen atoms in total. The van der Waals surface area contributed by atoms with Crippen molar-refractivity contribution in [1.29, 1.82) is 0 Å². The average Bonchev–Trinajstić information content (AvgIpc) is 1.87. The summed E-state index contributed by atoms with van der Waals surface area (Å²) in [6, 6.07) is 0. The average molecular weight is 125 g/mol. The van der Waals surface area contributed by atoms with Crippen molar-refractivity contribution in [3.63, 3.8) is 0 Å². The van der Waals surface area contributed by atoms with Gasteiger partial charge in [-0.1, -0.05) is 0 Å².